The molecule has 0 spiro atoms. The van der Waals surface area contributed by atoms with E-state index in [0.29, 0.717) is 35.1 Å². The van der Waals surface area contributed by atoms with Crippen molar-refractivity contribution in [1.82, 2.24) is 19.9 Å². The van der Waals surface area contributed by atoms with Crippen molar-refractivity contribution in [3.05, 3.63) is 99.9 Å². The number of carbonyl (C=O) groups is 2. The number of amides is 2. The van der Waals surface area contributed by atoms with Gasteiger partial charge < -0.3 is 19.7 Å². The Morgan fingerprint density at radius 3 is 2.49 bits per heavy atom. The van der Waals surface area contributed by atoms with Crippen molar-refractivity contribution >= 4 is 58.2 Å². The van der Waals surface area contributed by atoms with Gasteiger partial charge in [-0.15, -0.1) is 0 Å². The maximum Gasteiger partial charge on any atom is 0.331 e. The summed E-state index contributed by atoms with van der Waals surface area (Å²) in [7, 11) is 6.83. The van der Waals surface area contributed by atoms with Crippen molar-refractivity contribution in [3.8, 4) is 11.5 Å². The molecule has 244 valence electrons. The van der Waals surface area contributed by atoms with E-state index in [1.165, 1.54) is 19.1 Å². The lowest BCUT2D eigenvalue weighted by atomic mass is 10.00. The van der Waals surface area contributed by atoms with Crippen LogP contribution in [0.3, 0.4) is 0 Å². The molecule has 0 saturated heterocycles. The summed E-state index contributed by atoms with van der Waals surface area (Å²) in [6, 6.07) is 11.9. The largest absolute Gasteiger partial charge is 0.495 e. The average Bonchev–Trinajstić information content (AvgIpc) is 3.05. The van der Waals surface area contributed by atoms with Crippen molar-refractivity contribution in [1.29, 1.82) is 0 Å². The van der Waals surface area contributed by atoms with Crippen LogP contribution in [0.5, 0.6) is 11.5 Å². The van der Waals surface area contributed by atoms with Crippen LogP contribution in [0.15, 0.2) is 73.2 Å². The molecular formula is C34H35Cl2N7O4. The van der Waals surface area contributed by atoms with Crippen molar-refractivity contribution in [2.75, 3.05) is 50.0 Å². The second-order valence-electron chi connectivity index (χ2n) is 11.1. The number of halogens is 2. The predicted octanol–water partition coefficient (Wildman–Crippen LogP) is 6.88. The minimum Gasteiger partial charge on any atom is -0.495 e. The molecule has 5 rings (SSSR count). The van der Waals surface area contributed by atoms with Gasteiger partial charge in [0.2, 0.25) is 5.95 Å². The third kappa shape index (κ3) is 7.48. The summed E-state index contributed by atoms with van der Waals surface area (Å²) in [4.78, 5) is 45.8. The van der Waals surface area contributed by atoms with Crippen LogP contribution in [0, 0.1) is 0 Å². The highest BCUT2D eigenvalue weighted by atomic mass is 35.5. The van der Waals surface area contributed by atoms with E-state index in [2.05, 4.69) is 15.3 Å². The first-order valence-corrected chi connectivity index (χ1v) is 15.5. The van der Waals surface area contributed by atoms with Gasteiger partial charge in [0, 0.05) is 37.0 Å². The number of fused-ring (bicyclic) bond motifs is 1. The molecule has 2 aromatic carbocycles. The van der Waals surface area contributed by atoms with Gasteiger partial charge in [-0.05, 0) is 50.4 Å². The lowest BCUT2D eigenvalue weighted by Crippen LogP contribution is -2.49. The number of anilines is 4. The van der Waals surface area contributed by atoms with Gasteiger partial charge in [0.1, 0.15) is 27.4 Å². The molecule has 0 aliphatic carbocycles. The Labute approximate surface area is 283 Å². The molecule has 1 unspecified atom stereocenters. The van der Waals surface area contributed by atoms with E-state index in [-0.39, 0.29) is 40.4 Å². The van der Waals surface area contributed by atoms with Gasteiger partial charge in [-0.25, -0.2) is 9.78 Å². The van der Waals surface area contributed by atoms with E-state index in [0.717, 1.165) is 11.1 Å². The van der Waals surface area contributed by atoms with Crippen LogP contribution >= 0.6 is 23.2 Å². The molecule has 2 aromatic heterocycles. The number of likely N-dealkylation sites (N-methyl/N-ethyl adjacent to an activating group) is 1. The van der Waals surface area contributed by atoms with Gasteiger partial charge in [0.25, 0.3) is 0 Å². The number of allylic oxidation sites excluding steroid dienone is 1. The minimum atomic E-state index is -0.533. The Kier molecular flexibility index (Phi) is 10.6. The molecule has 2 amide bonds. The first kappa shape index (κ1) is 33.6. The maximum absolute atomic E-state index is 14.6. The van der Waals surface area contributed by atoms with Crippen LogP contribution in [0.1, 0.15) is 29.7 Å². The number of aromatic nitrogens is 3. The Morgan fingerprint density at radius 2 is 1.83 bits per heavy atom. The number of hydrogen-bond donors (Lipinski definition) is 1. The first-order chi connectivity index (χ1) is 22.6. The van der Waals surface area contributed by atoms with Crippen LogP contribution in [-0.2, 0) is 17.8 Å². The Bertz CT molecular complexity index is 1770. The molecule has 13 heteroatoms. The molecule has 0 saturated carbocycles. The lowest BCUT2D eigenvalue weighted by molar-refractivity contribution is -0.114. The van der Waals surface area contributed by atoms with Crippen LogP contribution in [0.25, 0.3) is 0 Å². The Morgan fingerprint density at radius 1 is 1.09 bits per heavy atom. The molecule has 1 N–H and O–H groups in total. The lowest BCUT2D eigenvalue weighted by Gasteiger charge is -2.40. The minimum absolute atomic E-state index is 0.0164. The fraction of sp³-hybridized carbons (Fsp3) is 0.265. The first-order valence-electron chi connectivity index (χ1n) is 14.8. The second kappa shape index (κ2) is 14.8. The molecule has 1 aliphatic rings. The summed E-state index contributed by atoms with van der Waals surface area (Å²) in [5.41, 5.74) is 3.20. The summed E-state index contributed by atoms with van der Waals surface area (Å²) in [6.07, 6.45) is 8.64. The standard InChI is InChI=1S/C34H35Cl2N7O4/c1-21(23-10-6-9-22(15-23)16-26(44)12-8-14-41(2)3)43-32-24(18-38-33(40-32)39-25-11-7-13-37-19-25)20-42(34(43)45)31-29(35)27(46-4)17-28(47-5)30(31)36/h6-13,15,17-19,21H,14,16,20H2,1-5H3,(H,38,39,40)/b12-8+. The maximum atomic E-state index is 14.6. The Balaban J connectivity index is 1.57. The van der Waals surface area contributed by atoms with Gasteiger partial charge in [0.05, 0.1) is 44.4 Å². The normalized spacial score (nSPS) is 13.6. The molecule has 47 heavy (non-hydrogen) atoms. The van der Waals surface area contributed by atoms with Crippen LogP contribution in [0.2, 0.25) is 10.0 Å². The van der Waals surface area contributed by atoms with E-state index >= 15 is 0 Å². The zero-order valence-electron chi connectivity index (χ0n) is 26.7. The number of rotatable bonds is 12. The van der Waals surface area contributed by atoms with Gasteiger partial charge in [-0.2, -0.15) is 4.98 Å². The van der Waals surface area contributed by atoms with Crippen molar-refractivity contribution < 1.29 is 19.1 Å². The third-order valence-corrected chi connectivity index (χ3v) is 8.28. The number of nitrogens with zero attached hydrogens (tertiary/aromatic N) is 6. The van der Waals surface area contributed by atoms with E-state index < -0.39 is 12.1 Å². The van der Waals surface area contributed by atoms with Crippen LogP contribution < -0.4 is 24.6 Å². The van der Waals surface area contributed by atoms with Gasteiger partial charge in [0.15, 0.2) is 5.78 Å². The SMILES string of the molecule is COc1cc(OC)c(Cl)c(N2Cc3cnc(Nc4cccnc4)nc3N(C(C)c3cccc(CC(=O)/C=C/CN(C)C)c3)C2=O)c1Cl. The zero-order valence-corrected chi connectivity index (χ0v) is 28.2. The number of carbonyl (C=O) groups excluding carboxylic acids is 2. The number of urea groups is 1. The van der Waals surface area contributed by atoms with Gasteiger partial charge in [-0.3, -0.25) is 19.6 Å². The second-order valence-corrected chi connectivity index (χ2v) is 11.9. The van der Waals surface area contributed by atoms with Crippen molar-refractivity contribution in [3.63, 3.8) is 0 Å². The number of ketones is 1. The van der Waals surface area contributed by atoms with Gasteiger partial charge in [-0.1, -0.05) is 53.5 Å². The van der Waals surface area contributed by atoms with Gasteiger partial charge >= 0.3 is 6.03 Å². The highest BCUT2D eigenvalue weighted by Gasteiger charge is 2.39. The van der Waals surface area contributed by atoms with E-state index in [1.807, 2.05) is 62.3 Å². The number of hydrogen-bond acceptors (Lipinski definition) is 9. The smallest absolute Gasteiger partial charge is 0.331 e. The molecule has 4 aromatic rings. The number of ether oxygens (including phenoxy) is 2. The summed E-state index contributed by atoms with van der Waals surface area (Å²) in [5.74, 6) is 1.28. The number of nitrogens with one attached hydrogen (secondary N) is 1. The van der Waals surface area contributed by atoms with E-state index in [9.17, 15) is 9.59 Å². The number of pyridine rings is 1. The number of benzene rings is 2. The summed E-state index contributed by atoms with van der Waals surface area (Å²) in [6.45, 7) is 2.64. The van der Waals surface area contributed by atoms with Crippen molar-refractivity contribution in [2.24, 2.45) is 0 Å². The molecule has 1 aliphatic heterocycles. The predicted molar refractivity (Wildman–Crippen MR) is 184 cm³/mol. The van der Waals surface area contributed by atoms with Crippen LogP contribution in [0.4, 0.5) is 27.9 Å². The summed E-state index contributed by atoms with van der Waals surface area (Å²) < 4.78 is 11.0. The highest BCUT2D eigenvalue weighted by Crippen LogP contribution is 2.48. The fourth-order valence-corrected chi connectivity index (χ4v) is 5.91. The van der Waals surface area contributed by atoms with E-state index in [1.54, 1.807) is 41.7 Å². The van der Waals surface area contributed by atoms with E-state index in [4.69, 9.17) is 37.7 Å². The topological polar surface area (TPSA) is 113 Å². The molecular weight excluding hydrogens is 641 g/mol. The molecule has 11 nitrogen and oxygen atoms in total. The quantitative estimate of drug-likeness (QED) is 0.161. The fourth-order valence-electron chi connectivity index (χ4n) is 5.20. The summed E-state index contributed by atoms with van der Waals surface area (Å²) >= 11 is 13.6. The van der Waals surface area contributed by atoms with Crippen LogP contribution in [-0.4, -0.2) is 66.5 Å². The third-order valence-electron chi connectivity index (χ3n) is 7.55. The monoisotopic (exact) mass is 675 g/mol. The zero-order chi connectivity index (χ0) is 33.7. The highest BCUT2D eigenvalue weighted by molar-refractivity contribution is 6.42. The summed E-state index contributed by atoms with van der Waals surface area (Å²) in [5, 5.41) is 3.46. The molecule has 1 atom stereocenters. The molecule has 0 fully saturated rings. The van der Waals surface area contributed by atoms with Crippen molar-refractivity contribution in [2.45, 2.75) is 25.9 Å². The molecule has 0 bridgehead atoms. The molecule has 3 heterocycles. The average molecular weight is 677 g/mol. The number of methoxy groups -OCH3 is 2. The molecule has 0 radical (unpaired) electrons. The Hall–Kier alpha value is -4.71.